The number of carbonyl (C=O) groups is 2. The second-order valence-electron chi connectivity index (χ2n) is 7.93. The Balaban J connectivity index is 1.47. The van der Waals surface area contributed by atoms with E-state index >= 15 is 0 Å². The molecule has 2 aliphatic rings. The van der Waals surface area contributed by atoms with E-state index in [0.717, 1.165) is 57.2 Å². The lowest BCUT2D eigenvalue weighted by Crippen LogP contribution is -2.40. The monoisotopic (exact) mass is 356 g/mol. The fraction of sp³-hybridized carbons (Fsp3) is 0.636. The second kappa shape index (κ2) is 9.20. The molecule has 1 aliphatic carbocycles. The van der Waals surface area contributed by atoms with Gasteiger partial charge in [-0.1, -0.05) is 43.2 Å². The van der Waals surface area contributed by atoms with Crippen molar-refractivity contribution in [2.24, 2.45) is 11.8 Å². The SMILES string of the molecule is CC(NC(=O)C1CCC(C(=O)N2CCCCCC2)CC1)c1ccccc1. The van der Waals surface area contributed by atoms with Crippen LogP contribution >= 0.6 is 0 Å². The quantitative estimate of drug-likeness (QED) is 0.884. The Bertz CT molecular complexity index is 585. The fourth-order valence-corrected chi connectivity index (χ4v) is 4.31. The van der Waals surface area contributed by atoms with Gasteiger partial charge in [0.25, 0.3) is 0 Å². The van der Waals surface area contributed by atoms with Gasteiger partial charge >= 0.3 is 0 Å². The first kappa shape index (κ1) is 18.9. The Kier molecular flexibility index (Phi) is 6.70. The molecule has 26 heavy (non-hydrogen) atoms. The molecule has 1 aromatic carbocycles. The van der Waals surface area contributed by atoms with Gasteiger partial charge in [0.05, 0.1) is 6.04 Å². The maximum Gasteiger partial charge on any atom is 0.225 e. The summed E-state index contributed by atoms with van der Waals surface area (Å²) >= 11 is 0. The van der Waals surface area contributed by atoms with Crippen molar-refractivity contribution >= 4 is 11.8 Å². The number of nitrogens with one attached hydrogen (secondary N) is 1. The maximum atomic E-state index is 12.8. The zero-order valence-corrected chi connectivity index (χ0v) is 16.0. The molecule has 1 N–H and O–H groups in total. The van der Waals surface area contributed by atoms with Crippen LogP contribution in [0, 0.1) is 11.8 Å². The summed E-state index contributed by atoms with van der Waals surface area (Å²) < 4.78 is 0. The normalized spacial score (nSPS) is 25.2. The summed E-state index contributed by atoms with van der Waals surface area (Å²) in [5.74, 6) is 0.656. The van der Waals surface area contributed by atoms with Crippen molar-refractivity contribution < 1.29 is 9.59 Å². The van der Waals surface area contributed by atoms with Gasteiger partial charge in [0.15, 0.2) is 0 Å². The summed E-state index contributed by atoms with van der Waals surface area (Å²) in [6.07, 6.45) is 8.14. The molecule has 1 aliphatic heterocycles. The van der Waals surface area contributed by atoms with Crippen LogP contribution in [-0.2, 0) is 9.59 Å². The molecule has 4 nitrogen and oxygen atoms in total. The Hall–Kier alpha value is -1.84. The molecule has 2 amide bonds. The van der Waals surface area contributed by atoms with E-state index in [-0.39, 0.29) is 23.8 Å². The highest BCUT2D eigenvalue weighted by atomic mass is 16.2. The number of nitrogens with zero attached hydrogens (tertiary/aromatic N) is 1. The van der Waals surface area contributed by atoms with Gasteiger partial charge in [-0.25, -0.2) is 0 Å². The van der Waals surface area contributed by atoms with Crippen LogP contribution in [0.1, 0.15) is 69.9 Å². The number of rotatable bonds is 4. The molecule has 0 bridgehead atoms. The van der Waals surface area contributed by atoms with Crippen LogP contribution in [0.25, 0.3) is 0 Å². The van der Waals surface area contributed by atoms with Crippen LogP contribution in [0.4, 0.5) is 0 Å². The summed E-state index contributed by atoms with van der Waals surface area (Å²) in [7, 11) is 0. The molecule has 2 fully saturated rings. The Morgan fingerprint density at radius 2 is 1.50 bits per heavy atom. The van der Waals surface area contributed by atoms with Crippen LogP contribution in [0.15, 0.2) is 30.3 Å². The van der Waals surface area contributed by atoms with E-state index in [9.17, 15) is 9.59 Å². The standard InChI is InChI=1S/C22H32N2O2/c1-17(18-9-5-4-6-10-18)23-21(25)19-11-13-20(14-12-19)22(26)24-15-7-2-3-8-16-24/h4-6,9-10,17,19-20H,2-3,7-8,11-16H2,1H3,(H,23,25). The predicted octanol–water partition coefficient (Wildman–Crippen LogP) is 4.07. The third-order valence-corrected chi connectivity index (χ3v) is 6.02. The molecule has 4 heteroatoms. The van der Waals surface area contributed by atoms with Crippen LogP contribution in [0.2, 0.25) is 0 Å². The average molecular weight is 357 g/mol. The number of likely N-dealkylation sites (tertiary alicyclic amines) is 1. The average Bonchev–Trinajstić information content (AvgIpc) is 2.97. The van der Waals surface area contributed by atoms with Crippen LogP contribution in [0.5, 0.6) is 0 Å². The molecular formula is C22H32N2O2. The first-order valence-corrected chi connectivity index (χ1v) is 10.3. The topological polar surface area (TPSA) is 49.4 Å². The zero-order valence-electron chi connectivity index (χ0n) is 16.0. The Labute approximate surface area is 157 Å². The summed E-state index contributed by atoms with van der Waals surface area (Å²) in [6.45, 7) is 3.88. The van der Waals surface area contributed by atoms with Gasteiger partial charge in [0.2, 0.25) is 11.8 Å². The minimum Gasteiger partial charge on any atom is -0.349 e. The smallest absolute Gasteiger partial charge is 0.225 e. The third-order valence-electron chi connectivity index (χ3n) is 6.02. The Morgan fingerprint density at radius 3 is 2.12 bits per heavy atom. The maximum absolute atomic E-state index is 12.8. The summed E-state index contributed by atoms with van der Waals surface area (Å²) in [5.41, 5.74) is 1.13. The molecule has 1 saturated carbocycles. The predicted molar refractivity (Wildman–Crippen MR) is 103 cm³/mol. The first-order chi connectivity index (χ1) is 12.6. The second-order valence-corrected chi connectivity index (χ2v) is 7.93. The van der Waals surface area contributed by atoms with Crippen LogP contribution in [0.3, 0.4) is 0 Å². The van der Waals surface area contributed by atoms with Crippen molar-refractivity contribution in [3.05, 3.63) is 35.9 Å². The number of benzene rings is 1. The molecule has 142 valence electrons. The van der Waals surface area contributed by atoms with E-state index in [1.165, 1.54) is 12.8 Å². The van der Waals surface area contributed by atoms with Gasteiger partial charge < -0.3 is 10.2 Å². The molecule has 0 aromatic heterocycles. The lowest BCUT2D eigenvalue weighted by Gasteiger charge is -2.31. The van der Waals surface area contributed by atoms with E-state index in [0.29, 0.717) is 5.91 Å². The lowest BCUT2D eigenvalue weighted by molar-refractivity contribution is -0.138. The van der Waals surface area contributed by atoms with Crippen molar-refractivity contribution in [2.75, 3.05) is 13.1 Å². The van der Waals surface area contributed by atoms with Crippen LogP contribution < -0.4 is 5.32 Å². The number of carbonyl (C=O) groups excluding carboxylic acids is 2. The van der Waals surface area contributed by atoms with E-state index in [1.807, 2.05) is 37.3 Å². The van der Waals surface area contributed by atoms with Gasteiger partial charge in [-0.3, -0.25) is 9.59 Å². The minimum atomic E-state index is 0.0279. The highest BCUT2D eigenvalue weighted by molar-refractivity contribution is 5.81. The largest absolute Gasteiger partial charge is 0.349 e. The number of hydrogen-bond acceptors (Lipinski definition) is 2. The van der Waals surface area contributed by atoms with Crippen LogP contribution in [-0.4, -0.2) is 29.8 Å². The van der Waals surface area contributed by atoms with E-state index in [1.54, 1.807) is 0 Å². The van der Waals surface area contributed by atoms with Gasteiger partial charge in [0.1, 0.15) is 0 Å². The third kappa shape index (κ3) is 4.87. The Morgan fingerprint density at radius 1 is 0.923 bits per heavy atom. The molecule has 1 aromatic rings. The summed E-state index contributed by atoms with van der Waals surface area (Å²) in [5, 5.41) is 3.15. The van der Waals surface area contributed by atoms with Gasteiger partial charge in [-0.05, 0) is 51.0 Å². The van der Waals surface area contributed by atoms with Gasteiger partial charge in [-0.15, -0.1) is 0 Å². The minimum absolute atomic E-state index is 0.0279. The van der Waals surface area contributed by atoms with E-state index in [4.69, 9.17) is 0 Å². The van der Waals surface area contributed by atoms with Crippen molar-refractivity contribution in [2.45, 2.75) is 64.3 Å². The zero-order chi connectivity index (χ0) is 18.4. The molecule has 1 heterocycles. The van der Waals surface area contributed by atoms with Gasteiger partial charge in [0, 0.05) is 24.9 Å². The number of hydrogen-bond donors (Lipinski definition) is 1. The molecule has 1 saturated heterocycles. The van der Waals surface area contributed by atoms with E-state index < -0.39 is 0 Å². The molecule has 0 radical (unpaired) electrons. The summed E-state index contributed by atoms with van der Waals surface area (Å²) in [6, 6.07) is 10.1. The highest BCUT2D eigenvalue weighted by Crippen LogP contribution is 2.31. The molecular weight excluding hydrogens is 324 g/mol. The molecule has 0 spiro atoms. The molecule has 1 atom stereocenters. The van der Waals surface area contributed by atoms with Gasteiger partial charge in [-0.2, -0.15) is 0 Å². The van der Waals surface area contributed by atoms with Crippen molar-refractivity contribution in [3.8, 4) is 0 Å². The molecule has 1 unspecified atom stereocenters. The molecule has 3 rings (SSSR count). The summed E-state index contributed by atoms with van der Waals surface area (Å²) in [4.78, 5) is 27.4. The lowest BCUT2D eigenvalue weighted by atomic mass is 9.80. The fourth-order valence-electron chi connectivity index (χ4n) is 4.31. The van der Waals surface area contributed by atoms with Crippen molar-refractivity contribution in [3.63, 3.8) is 0 Å². The highest BCUT2D eigenvalue weighted by Gasteiger charge is 2.32. The first-order valence-electron chi connectivity index (χ1n) is 10.3. The number of amides is 2. The van der Waals surface area contributed by atoms with Crippen molar-refractivity contribution in [1.82, 2.24) is 10.2 Å². The van der Waals surface area contributed by atoms with Crippen molar-refractivity contribution in [1.29, 1.82) is 0 Å². The van der Waals surface area contributed by atoms with E-state index in [2.05, 4.69) is 10.2 Å².